The number of methoxy groups -OCH3 is 1. The molecule has 1 aromatic heterocycles. The minimum Gasteiger partial charge on any atom is -0.497 e. The van der Waals surface area contributed by atoms with Gasteiger partial charge in [-0.2, -0.15) is 0 Å². The molecule has 2 aromatic rings. The van der Waals surface area contributed by atoms with Crippen LogP contribution in [0.15, 0.2) is 24.3 Å². The Balaban J connectivity index is 2.02. The molecule has 0 aliphatic rings. The van der Waals surface area contributed by atoms with Crippen molar-refractivity contribution in [1.82, 2.24) is 15.6 Å². The highest BCUT2D eigenvalue weighted by Gasteiger charge is 2.17. The van der Waals surface area contributed by atoms with Crippen molar-refractivity contribution in [3.8, 4) is 16.3 Å². The molecular weight excluding hydrogens is 346 g/mol. The summed E-state index contributed by atoms with van der Waals surface area (Å²) in [5.41, 5.74) is 1.41. The van der Waals surface area contributed by atoms with Gasteiger partial charge in [-0.15, -0.1) is 11.3 Å². The molecule has 0 saturated carbocycles. The summed E-state index contributed by atoms with van der Waals surface area (Å²) in [4.78, 5) is 38.8. The van der Waals surface area contributed by atoms with Crippen LogP contribution in [0.2, 0.25) is 0 Å². The molecule has 1 heterocycles. The van der Waals surface area contributed by atoms with Gasteiger partial charge in [0.1, 0.15) is 22.2 Å². The lowest BCUT2D eigenvalue weighted by Crippen LogP contribution is -2.38. The van der Waals surface area contributed by atoms with E-state index in [0.29, 0.717) is 15.6 Å². The molecule has 3 N–H and O–H groups in total. The molecule has 0 spiro atoms. The van der Waals surface area contributed by atoms with Crippen LogP contribution in [0.25, 0.3) is 10.6 Å². The highest BCUT2D eigenvalue weighted by Crippen LogP contribution is 2.29. The van der Waals surface area contributed by atoms with Crippen molar-refractivity contribution >= 4 is 29.1 Å². The summed E-state index contributed by atoms with van der Waals surface area (Å²) in [5.74, 6) is -1.43. The Morgan fingerprint density at radius 3 is 2.44 bits per heavy atom. The van der Waals surface area contributed by atoms with Crippen LogP contribution in [-0.2, 0) is 9.59 Å². The number of nitrogens with zero attached hydrogens (tertiary/aromatic N) is 1. The number of thiazole rings is 1. The number of carbonyl (C=O) groups is 3. The summed E-state index contributed by atoms with van der Waals surface area (Å²) in [6, 6.07) is 7.30. The van der Waals surface area contributed by atoms with Gasteiger partial charge in [0.15, 0.2) is 0 Å². The molecule has 132 valence electrons. The number of ether oxygens (including phenoxy) is 1. The van der Waals surface area contributed by atoms with Crippen LogP contribution in [0, 0.1) is 6.92 Å². The summed E-state index contributed by atoms with van der Waals surface area (Å²) in [6.07, 6.45) is 0. The molecule has 0 atom stereocenters. The fraction of sp³-hybridized carbons (Fsp3) is 0.250. The molecule has 25 heavy (non-hydrogen) atoms. The Morgan fingerprint density at radius 1 is 1.16 bits per heavy atom. The van der Waals surface area contributed by atoms with Gasteiger partial charge in [-0.3, -0.25) is 14.4 Å². The van der Waals surface area contributed by atoms with Crippen molar-refractivity contribution in [2.24, 2.45) is 0 Å². The van der Waals surface area contributed by atoms with Crippen molar-refractivity contribution in [3.63, 3.8) is 0 Å². The Kier molecular flexibility index (Phi) is 6.07. The third-order valence-corrected chi connectivity index (χ3v) is 4.39. The average molecular weight is 363 g/mol. The summed E-state index contributed by atoms with van der Waals surface area (Å²) >= 11 is 1.21. The van der Waals surface area contributed by atoms with E-state index in [-0.39, 0.29) is 6.54 Å². The molecule has 0 fully saturated rings. The van der Waals surface area contributed by atoms with Gasteiger partial charge in [0.2, 0.25) is 5.91 Å². The molecule has 0 saturated heterocycles. The smallest absolute Gasteiger partial charge is 0.322 e. The topological polar surface area (TPSA) is 118 Å². The highest BCUT2D eigenvalue weighted by molar-refractivity contribution is 7.17. The van der Waals surface area contributed by atoms with E-state index < -0.39 is 24.3 Å². The zero-order chi connectivity index (χ0) is 18.4. The van der Waals surface area contributed by atoms with Crippen molar-refractivity contribution in [1.29, 1.82) is 0 Å². The quantitative estimate of drug-likeness (QED) is 0.677. The van der Waals surface area contributed by atoms with E-state index in [1.54, 1.807) is 26.2 Å². The number of carbonyl (C=O) groups excluding carboxylic acids is 2. The number of aryl methyl sites for hydroxylation is 1. The first kappa shape index (κ1) is 18.4. The van der Waals surface area contributed by atoms with Crippen LogP contribution in [0.1, 0.15) is 15.4 Å². The molecule has 0 bridgehead atoms. The lowest BCUT2D eigenvalue weighted by molar-refractivity contribution is -0.137. The molecular formula is C16H17N3O5S. The second-order valence-corrected chi connectivity index (χ2v) is 6.01. The van der Waals surface area contributed by atoms with Crippen molar-refractivity contribution in [2.45, 2.75) is 6.92 Å². The summed E-state index contributed by atoms with van der Waals surface area (Å²) < 4.78 is 5.11. The molecule has 0 aliphatic carbocycles. The predicted octanol–water partition coefficient (Wildman–Crippen LogP) is 1.06. The summed E-state index contributed by atoms with van der Waals surface area (Å²) in [7, 11) is 1.58. The number of carboxylic acid groups (broad SMARTS) is 1. The maximum atomic E-state index is 12.2. The number of hydrogen-bond acceptors (Lipinski definition) is 6. The number of aliphatic carboxylic acids is 1. The first-order valence-corrected chi connectivity index (χ1v) is 8.11. The number of aromatic nitrogens is 1. The van der Waals surface area contributed by atoms with Gasteiger partial charge in [0, 0.05) is 5.56 Å². The van der Waals surface area contributed by atoms with Gasteiger partial charge in [-0.25, -0.2) is 4.98 Å². The lowest BCUT2D eigenvalue weighted by Gasteiger charge is -2.04. The van der Waals surface area contributed by atoms with E-state index >= 15 is 0 Å². The first-order valence-electron chi connectivity index (χ1n) is 7.29. The molecule has 8 nitrogen and oxygen atoms in total. The van der Waals surface area contributed by atoms with Crippen molar-refractivity contribution in [2.75, 3.05) is 20.2 Å². The Hall–Kier alpha value is -2.94. The van der Waals surface area contributed by atoms with Gasteiger partial charge in [0.25, 0.3) is 5.91 Å². The highest BCUT2D eigenvalue weighted by atomic mass is 32.1. The summed E-state index contributed by atoms with van der Waals surface area (Å²) in [6.45, 7) is 0.917. The number of benzene rings is 1. The van der Waals surface area contributed by atoms with Crippen LogP contribution in [-0.4, -0.2) is 48.1 Å². The van der Waals surface area contributed by atoms with Gasteiger partial charge in [-0.1, -0.05) is 0 Å². The van der Waals surface area contributed by atoms with E-state index in [9.17, 15) is 14.4 Å². The second-order valence-electron chi connectivity index (χ2n) is 5.02. The Labute approximate surface area is 147 Å². The normalized spacial score (nSPS) is 10.2. The van der Waals surface area contributed by atoms with Crippen LogP contribution in [0.5, 0.6) is 5.75 Å². The third kappa shape index (κ3) is 5.01. The minimum absolute atomic E-state index is 0.304. The Morgan fingerprint density at radius 2 is 1.84 bits per heavy atom. The summed E-state index contributed by atoms with van der Waals surface area (Å²) in [5, 5.41) is 13.8. The first-order chi connectivity index (χ1) is 11.9. The van der Waals surface area contributed by atoms with E-state index in [0.717, 1.165) is 11.3 Å². The van der Waals surface area contributed by atoms with Crippen LogP contribution in [0.3, 0.4) is 0 Å². The fourth-order valence-corrected chi connectivity index (χ4v) is 2.93. The largest absolute Gasteiger partial charge is 0.497 e. The number of rotatable bonds is 7. The number of carboxylic acids is 1. The SMILES string of the molecule is COc1ccc(-c2nc(C)c(C(=O)NCC(=O)NCC(=O)O)s2)cc1. The lowest BCUT2D eigenvalue weighted by atomic mass is 10.2. The molecule has 1 aromatic carbocycles. The minimum atomic E-state index is -1.15. The van der Waals surface area contributed by atoms with Crippen LogP contribution in [0.4, 0.5) is 0 Å². The van der Waals surface area contributed by atoms with E-state index in [1.807, 2.05) is 12.1 Å². The second kappa shape index (κ2) is 8.25. The maximum absolute atomic E-state index is 12.2. The number of amides is 2. The average Bonchev–Trinajstić information content (AvgIpc) is 2.99. The molecule has 0 aliphatic heterocycles. The number of hydrogen-bond donors (Lipinski definition) is 3. The van der Waals surface area contributed by atoms with E-state index in [4.69, 9.17) is 9.84 Å². The van der Waals surface area contributed by atoms with Crippen LogP contribution >= 0.6 is 11.3 Å². The zero-order valence-corrected chi connectivity index (χ0v) is 14.5. The molecule has 0 unspecified atom stereocenters. The zero-order valence-electron chi connectivity index (χ0n) is 13.7. The standard InChI is InChI=1S/C16H17N3O5S/c1-9-14(15(23)18-7-12(20)17-8-13(21)22)25-16(19-9)10-3-5-11(24-2)6-4-10/h3-6H,7-8H2,1-2H3,(H,17,20)(H,18,23)(H,21,22). The van der Waals surface area contributed by atoms with Gasteiger partial charge in [-0.05, 0) is 31.2 Å². The van der Waals surface area contributed by atoms with E-state index in [1.165, 1.54) is 11.3 Å². The monoisotopic (exact) mass is 363 g/mol. The van der Waals surface area contributed by atoms with Crippen molar-refractivity contribution < 1.29 is 24.2 Å². The predicted molar refractivity (Wildman–Crippen MR) is 91.8 cm³/mol. The maximum Gasteiger partial charge on any atom is 0.322 e. The molecule has 0 radical (unpaired) electrons. The molecule has 2 rings (SSSR count). The van der Waals surface area contributed by atoms with Gasteiger partial charge in [0.05, 0.1) is 19.3 Å². The third-order valence-electron chi connectivity index (χ3n) is 3.19. The van der Waals surface area contributed by atoms with Gasteiger partial charge >= 0.3 is 5.97 Å². The fourth-order valence-electron chi connectivity index (χ4n) is 1.94. The molecule has 2 amide bonds. The van der Waals surface area contributed by atoms with Gasteiger partial charge < -0.3 is 20.5 Å². The van der Waals surface area contributed by atoms with Crippen LogP contribution < -0.4 is 15.4 Å². The Bertz CT molecular complexity index is 786. The molecule has 9 heteroatoms. The number of nitrogens with one attached hydrogen (secondary N) is 2. The van der Waals surface area contributed by atoms with E-state index in [2.05, 4.69) is 15.6 Å². The van der Waals surface area contributed by atoms with Crippen molar-refractivity contribution in [3.05, 3.63) is 34.8 Å².